The molecule has 0 radical (unpaired) electrons. The number of carbonyl (C=O) groups is 1. The number of sulfone groups is 1. The molecular formula is C8H18N2O3S. The molecule has 0 fully saturated rings. The molecule has 3 N–H and O–H groups in total. The number of primary amides is 1. The van der Waals surface area contributed by atoms with Crippen LogP contribution in [0.3, 0.4) is 0 Å². The number of hydrogen-bond acceptors (Lipinski definition) is 4. The van der Waals surface area contributed by atoms with Crippen LogP contribution in [-0.4, -0.2) is 37.9 Å². The van der Waals surface area contributed by atoms with E-state index in [-0.39, 0.29) is 18.8 Å². The maximum Gasteiger partial charge on any atom is 0.231 e. The summed E-state index contributed by atoms with van der Waals surface area (Å²) < 4.78 is 22.3. The Morgan fingerprint density at radius 1 is 1.36 bits per heavy atom. The average Bonchev–Trinajstić information content (AvgIpc) is 1.95. The highest BCUT2D eigenvalue weighted by Gasteiger charge is 2.27. The summed E-state index contributed by atoms with van der Waals surface area (Å²) >= 11 is 0. The van der Waals surface area contributed by atoms with Crippen molar-refractivity contribution in [2.24, 2.45) is 5.73 Å². The van der Waals surface area contributed by atoms with Crippen LogP contribution in [0, 0.1) is 0 Å². The highest BCUT2D eigenvalue weighted by Crippen LogP contribution is 2.14. The lowest BCUT2D eigenvalue weighted by atomic mass is 10.3. The quantitative estimate of drug-likeness (QED) is 0.600. The van der Waals surface area contributed by atoms with E-state index in [1.54, 1.807) is 20.8 Å². The number of hydrogen-bond donors (Lipinski definition) is 2. The summed E-state index contributed by atoms with van der Waals surface area (Å²) in [5.41, 5.74) is 4.88. The molecule has 6 heteroatoms. The molecule has 0 unspecified atom stereocenters. The molecule has 0 aliphatic heterocycles. The van der Waals surface area contributed by atoms with Gasteiger partial charge in [-0.05, 0) is 20.8 Å². The predicted molar refractivity (Wildman–Crippen MR) is 55.6 cm³/mol. The second kappa shape index (κ2) is 4.75. The SMILES string of the molecule is CC(C)(C)S(=O)(=O)CCNCC(N)=O. The van der Waals surface area contributed by atoms with Gasteiger partial charge in [0.2, 0.25) is 5.91 Å². The lowest BCUT2D eigenvalue weighted by molar-refractivity contribution is -0.117. The van der Waals surface area contributed by atoms with Crippen molar-refractivity contribution in [1.82, 2.24) is 5.32 Å². The highest BCUT2D eigenvalue weighted by atomic mass is 32.2. The lowest BCUT2D eigenvalue weighted by Gasteiger charge is -2.18. The minimum Gasteiger partial charge on any atom is -0.369 e. The molecule has 5 nitrogen and oxygen atoms in total. The molecule has 84 valence electrons. The van der Waals surface area contributed by atoms with Gasteiger partial charge in [0.05, 0.1) is 17.0 Å². The van der Waals surface area contributed by atoms with E-state index in [0.717, 1.165) is 0 Å². The molecule has 0 spiro atoms. The molecule has 0 aliphatic rings. The zero-order valence-corrected chi connectivity index (χ0v) is 9.65. The van der Waals surface area contributed by atoms with Gasteiger partial charge in [0.25, 0.3) is 0 Å². The molecule has 0 aromatic rings. The topological polar surface area (TPSA) is 89.3 Å². The summed E-state index contributed by atoms with van der Waals surface area (Å²) in [5.74, 6) is -0.470. The third kappa shape index (κ3) is 4.57. The summed E-state index contributed by atoms with van der Waals surface area (Å²) in [7, 11) is -3.11. The maximum absolute atomic E-state index is 11.5. The van der Waals surface area contributed by atoms with Crippen LogP contribution in [0.15, 0.2) is 0 Å². The van der Waals surface area contributed by atoms with Crippen LogP contribution in [0.2, 0.25) is 0 Å². The van der Waals surface area contributed by atoms with Gasteiger partial charge >= 0.3 is 0 Å². The first-order valence-corrected chi connectivity index (χ1v) is 6.03. The Balaban J connectivity index is 3.97. The fraction of sp³-hybridized carbons (Fsp3) is 0.875. The minimum absolute atomic E-state index is 0.0136. The summed E-state index contributed by atoms with van der Waals surface area (Å²) in [4.78, 5) is 10.3. The van der Waals surface area contributed by atoms with Crippen LogP contribution in [0.4, 0.5) is 0 Å². The van der Waals surface area contributed by atoms with Crippen LogP contribution < -0.4 is 11.1 Å². The van der Waals surface area contributed by atoms with Gasteiger partial charge in [0.1, 0.15) is 0 Å². The van der Waals surface area contributed by atoms with Gasteiger partial charge in [0.15, 0.2) is 9.84 Å². The first kappa shape index (κ1) is 13.4. The molecule has 14 heavy (non-hydrogen) atoms. The van der Waals surface area contributed by atoms with Crippen LogP contribution in [0.5, 0.6) is 0 Å². The molecule has 0 aliphatic carbocycles. The van der Waals surface area contributed by atoms with Gasteiger partial charge in [-0.15, -0.1) is 0 Å². The Kier molecular flexibility index (Phi) is 4.54. The van der Waals surface area contributed by atoms with Crippen molar-refractivity contribution < 1.29 is 13.2 Å². The highest BCUT2D eigenvalue weighted by molar-refractivity contribution is 7.92. The van der Waals surface area contributed by atoms with Crippen molar-refractivity contribution in [3.05, 3.63) is 0 Å². The van der Waals surface area contributed by atoms with E-state index in [2.05, 4.69) is 5.32 Å². The summed E-state index contributed by atoms with van der Waals surface area (Å²) in [6.07, 6.45) is 0. The predicted octanol–water partition coefficient (Wildman–Crippen LogP) is -0.725. The van der Waals surface area contributed by atoms with Gasteiger partial charge in [-0.3, -0.25) is 4.79 Å². The fourth-order valence-corrected chi connectivity index (χ4v) is 1.75. The number of carbonyl (C=O) groups excluding carboxylic acids is 1. The third-order valence-corrected chi connectivity index (χ3v) is 4.39. The van der Waals surface area contributed by atoms with Gasteiger partial charge in [-0.1, -0.05) is 0 Å². The zero-order valence-electron chi connectivity index (χ0n) is 8.83. The van der Waals surface area contributed by atoms with Crippen LogP contribution in [0.25, 0.3) is 0 Å². The Hall–Kier alpha value is -0.620. The molecule has 0 saturated heterocycles. The Labute approximate surface area is 85.0 Å². The fourth-order valence-electron chi connectivity index (χ4n) is 0.724. The molecule has 0 aromatic carbocycles. The Morgan fingerprint density at radius 2 is 1.86 bits per heavy atom. The normalized spacial score (nSPS) is 12.8. The largest absolute Gasteiger partial charge is 0.369 e. The van der Waals surface area contributed by atoms with Crippen LogP contribution in [0.1, 0.15) is 20.8 Å². The van der Waals surface area contributed by atoms with E-state index in [4.69, 9.17) is 5.73 Å². The second-order valence-electron chi connectivity index (χ2n) is 4.07. The van der Waals surface area contributed by atoms with E-state index in [1.807, 2.05) is 0 Å². The van der Waals surface area contributed by atoms with Crippen molar-refractivity contribution in [2.75, 3.05) is 18.8 Å². The van der Waals surface area contributed by atoms with Gasteiger partial charge in [0, 0.05) is 6.54 Å². The average molecular weight is 222 g/mol. The standard InChI is InChI=1S/C8H18N2O3S/c1-8(2,3)14(12,13)5-4-10-6-7(9)11/h10H,4-6H2,1-3H3,(H2,9,11). The second-order valence-corrected chi connectivity index (χ2v) is 6.94. The van der Waals surface area contributed by atoms with Crippen molar-refractivity contribution in [1.29, 1.82) is 0 Å². The van der Waals surface area contributed by atoms with Gasteiger partial charge in [-0.2, -0.15) is 0 Å². The maximum atomic E-state index is 11.5. The number of nitrogens with one attached hydrogen (secondary N) is 1. The summed E-state index contributed by atoms with van der Waals surface area (Å²) in [6, 6.07) is 0. The van der Waals surface area contributed by atoms with Crippen molar-refractivity contribution in [2.45, 2.75) is 25.5 Å². The van der Waals surface area contributed by atoms with E-state index in [0.29, 0.717) is 0 Å². The van der Waals surface area contributed by atoms with Gasteiger partial charge < -0.3 is 11.1 Å². The smallest absolute Gasteiger partial charge is 0.231 e. The number of amides is 1. The molecule has 1 amide bonds. The molecule has 0 rings (SSSR count). The van der Waals surface area contributed by atoms with E-state index < -0.39 is 20.5 Å². The Morgan fingerprint density at radius 3 is 2.21 bits per heavy atom. The van der Waals surface area contributed by atoms with Crippen molar-refractivity contribution in [3.8, 4) is 0 Å². The van der Waals surface area contributed by atoms with Crippen molar-refractivity contribution in [3.63, 3.8) is 0 Å². The first-order chi connectivity index (χ1) is 6.17. The lowest BCUT2D eigenvalue weighted by Crippen LogP contribution is -2.37. The van der Waals surface area contributed by atoms with E-state index in [1.165, 1.54) is 0 Å². The monoisotopic (exact) mass is 222 g/mol. The van der Waals surface area contributed by atoms with Gasteiger partial charge in [-0.25, -0.2) is 8.42 Å². The Bertz CT molecular complexity index is 290. The van der Waals surface area contributed by atoms with Crippen LogP contribution >= 0.6 is 0 Å². The molecule has 0 saturated carbocycles. The van der Waals surface area contributed by atoms with E-state index in [9.17, 15) is 13.2 Å². The van der Waals surface area contributed by atoms with Crippen molar-refractivity contribution >= 4 is 15.7 Å². The molecule has 0 heterocycles. The molecule has 0 bridgehead atoms. The van der Waals surface area contributed by atoms with E-state index >= 15 is 0 Å². The van der Waals surface area contributed by atoms with Crippen LogP contribution in [-0.2, 0) is 14.6 Å². The molecular weight excluding hydrogens is 204 g/mol. The number of rotatable bonds is 5. The molecule has 0 aromatic heterocycles. The molecule has 0 atom stereocenters. The summed E-state index contributed by atoms with van der Waals surface area (Å²) in [6.45, 7) is 5.21. The first-order valence-electron chi connectivity index (χ1n) is 4.38. The summed E-state index contributed by atoms with van der Waals surface area (Å²) in [5, 5.41) is 2.66. The number of nitrogens with two attached hydrogens (primary N) is 1. The third-order valence-electron chi connectivity index (χ3n) is 1.78. The zero-order chi connectivity index (χ0) is 11.4. The minimum atomic E-state index is -3.11.